The minimum atomic E-state index is -0.202. The number of ether oxygens (including phenoxy) is 1. The van der Waals surface area contributed by atoms with E-state index in [-0.39, 0.29) is 17.6 Å². The van der Waals surface area contributed by atoms with Gasteiger partial charge in [-0.3, -0.25) is 9.59 Å². The Bertz CT molecular complexity index is 680. The van der Waals surface area contributed by atoms with Crippen molar-refractivity contribution in [2.75, 3.05) is 19.1 Å². The van der Waals surface area contributed by atoms with E-state index in [0.29, 0.717) is 18.4 Å². The average Bonchev–Trinajstić information content (AvgIpc) is 2.65. The molecule has 0 saturated carbocycles. The molecule has 0 N–H and O–H groups in total. The molecule has 1 atom stereocenters. The number of hydrogen-bond acceptors (Lipinski definition) is 3. The first-order valence-corrected chi connectivity index (χ1v) is 8.02. The third-order valence-electron chi connectivity index (χ3n) is 4.13. The summed E-state index contributed by atoms with van der Waals surface area (Å²) in [7, 11) is 3.35. The third-order valence-corrected chi connectivity index (χ3v) is 4.13. The maximum atomic E-state index is 12.4. The van der Waals surface area contributed by atoms with Crippen molar-refractivity contribution >= 4 is 17.4 Å². The molecule has 2 aromatic carbocycles. The fourth-order valence-corrected chi connectivity index (χ4v) is 2.47. The summed E-state index contributed by atoms with van der Waals surface area (Å²) in [5.74, 6) is 0.578. The molecule has 0 aliphatic heterocycles. The largest absolute Gasteiger partial charge is 0.497 e. The molecule has 0 saturated heterocycles. The summed E-state index contributed by atoms with van der Waals surface area (Å²) in [6.07, 6.45) is 0.870. The number of methoxy groups -OCH3 is 1. The van der Waals surface area contributed by atoms with E-state index in [1.165, 1.54) is 0 Å². The standard InChI is InChI=1S/C20H23NO3/c1-15(20(23)16-10-12-18(24-3)13-11-16)9-14-19(22)21(2)17-7-5-4-6-8-17/h4-8,10-13,15H,9,14H2,1-3H3/t15-/m1/s1. The van der Waals surface area contributed by atoms with Crippen molar-refractivity contribution in [3.63, 3.8) is 0 Å². The number of ketones is 1. The van der Waals surface area contributed by atoms with E-state index >= 15 is 0 Å². The number of Topliss-reactive ketones (excluding diaryl/α,β-unsaturated/α-hetero) is 1. The monoisotopic (exact) mass is 325 g/mol. The van der Waals surface area contributed by atoms with Gasteiger partial charge < -0.3 is 9.64 Å². The van der Waals surface area contributed by atoms with Gasteiger partial charge in [-0.05, 0) is 42.8 Å². The maximum absolute atomic E-state index is 12.4. The van der Waals surface area contributed by atoms with Crippen LogP contribution >= 0.6 is 0 Å². The van der Waals surface area contributed by atoms with Gasteiger partial charge in [0.1, 0.15) is 5.75 Å². The number of amides is 1. The molecule has 4 nitrogen and oxygen atoms in total. The molecule has 126 valence electrons. The molecule has 0 unspecified atom stereocenters. The molecule has 4 heteroatoms. The summed E-state index contributed by atoms with van der Waals surface area (Å²) in [4.78, 5) is 26.3. The molecule has 1 amide bonds. The Morgan fingerprint density at radius 3 is 2.25 bits per heavy atom. The molecular weight excluding hydrogens is 302 g/mol. The summed E-state index contributed by atoms with van der Waals surface area (Å²) in [5, 5.41) is 0. The van der Waals surface area contributed by atoms with Gasteiger partial charge in [0.2, 0.25) is 5.91 Å². The molecule has 0 aliphatic carbocycles. The lowest BCUT2D eigenvalue weighted by atomic mass is 9.95. The van der Waals surface area contributed by atoms with Crippen molar-refractivity contribution in [3.05, 3.63) is 60.2 Å². The highest BCUT2D eigenvalue weighted by Gasteiger charge is 2.18. The predicted molar refractivity (Wildman–Crippen MR) is 95.6 cm³/mol. The minimum absolute atomic E-state index is 0.00980. The molecule has 0 fully saturated rings. The summed E-state index contributed by atoms with van der Waals surface area (Å²) in [6, 6.07) is 16.6. The fraction of sp³-hybridized carbons (Fsp3) is 0.300. The SMILES string of the molecule is COc1ccc(C(=O)[C@H](C)CCC(=O)N(C)c2ccccc2)cc1. The smallest absolute Gasteiger partial charge is 0.226 e. The van der Waals surface area contributed by atoms with Crippen molar-refractivity contribution in [1.29, 1.82) is 0 Å². The Balaban J connectivity index is 1.90. The fourth-order valence-electron chi connectivity index (χ4n) is 2.47. The second kappa shape index (κ2) is 8.29. The molecule has 0 radical (unpaired) electrons. The summed E-state index contributed by atoms with van der Waals surface area (Å²) in [5.41, 5.74) is 1.50. The van der Waals surface area contributed by atoms with Crippen LogP contribution in [-0.4, -0.2) is 25.8 Å². The van der Waals surface area contributed by atoms with E-state index in [4.69, 9.17) is 4.74 Å². The second-order valence-corrected chi connectivity index (χ2v) is 5.82. The number of nitrogens with zero attached hydrogens (tertiary/aromatic N) is 1. The van der Waals surface area contributed by atoms with Gasteiger partial charge in [-0.2, -0.15) is 0 Å². The molecule has 0 aromatic heterocycles. The van der Waals surface area contributed by atoms with Crippen LogP contribution in [0.25, 0.3) is 0 Å². The highest BCUT2D eigenvalue weighted by atomic mass is 16.5. The first-order chi connectivity index (χ1) is 11.5. The lowest BCUT2D eigenvalue weighted by molar-refractivity contribution is -0.118. The van der Waals surface area contributed by atoms with Gasteiger partial charge in [-0.15, -0.1) is 0 Å². The van der Waals surface area contributed by atoms with Gasteiger partial charge in [0.15, 0.2) is 5.78 Å². The van der Waals surface area contributed by atoms with Crippen LogP contribution in [0.4, 0.5) is 5.69 Å². The predicted octanol–water partition coefficient (Wildman–Crippen LogP) is 3.96. The van der Waals surface area contributed by atoms with Crippen LogP contribution in [-0.2, 0) is 4.79 Å². The van der Waals surface area contributed by atoms with Gasteiger partial charge in [-0.1, -0.05) is 25.1 Å². The summed E-state index contributed by atoms with van der Waals surface area (Å²) in [6.45, 7) is 1.86. The van der Waals surface area contributed by atoms with Crippen LogP contribution in [0, 0.1) is 5.92 Å². The minimum Gasteiger partial charge on any atom is -0.497 e. The van der Waals surface area contributed by atoms with Gasteiger partial charge in [-0.25, -0.2) is 0 Å². The zero-order chi connectivity index (χ0) is 17.5. The number of anilines is 1. The number of para-hydroxylation sites is 1. The van der Waals surface area contributed by atoms with Crippen LogP contribution in [0.15, 0.2) is 54.6 Å². The zero-order valence-corrected chi connectivity index (χ0v) is 14.4. The van der Waals surface area contributed by atoms with Gasteiger partial charge in [0.25, 0.3) is 0 Å². The van der Waals surface area contributed by atoms with Crippen LogP contribution in [0.2, 0.25) is 0 Å². The zero-order valence-electron chi connectivity index (χ0n) is 14.4. The van der Waals surface area contributed by atoms with Crippen molar-refractivity contribution in [2.45, 2.75) is 19.8 Å². The maximum Gasteiger partial charge on any atom is 0.226 e. The Morgan fingerprint density at radius 2 is 1.67 bits per heavy atom. The van der Waals surface area contributed by atoms with Crippen molar-refractivity contribution < 1.29 is 14.3 Å². The topological polar surface area (TPSA) is 46.6 Å². The quantitative estimate of drug-likeness (QED) is 0.724. The van der Waals surface area contributed by atoms with Crippen LogP contribution in [0.1, 0.15) is 30.1 Å². The van der Waals surface area contributed by atoms with Gasteiger partial charge in [0, 0.05) is 30.6 Å². The molecule has 0 bridgehead atoms. The molecule has 0 spiro atoms. The van der Waals surface area contributed by atoms with Crippen molar-refractivity contribution in [2.24, 2.45) is 5.92 Å². The molecule has 2 rings (SSSR count). The summed E-state index contributed by atoms with van der Waals surface area (Å²) < 4.78 is 5.10. The highest BCUT2D eigenvalue weighted by molar-refractivity contribution is 5.98. The van der Waals surface area contributed by atoms with E-state index in [1.807, 2.05) is 37.3 Å². The lowest BCUT2D eigenvalue weighted by Crippen LogP contribution is -2.27. The Kier molecular flexibility index (Phi) is 6.13. The van der Waals surface area contributed by atoms with Gasteiger partial charge >= 0.3 is 0 Å². The third kappa shape index (κ3) is 4.44. The Hall–Kier alpha value is -2.62. The molecule has 0 heterocycles. The summed E-state index contributed by atoms with van der Waals surface area (Å²) >= 11 is 0. The van der Waals surface area contributed by atoms with E-state index in [1.54, 1.807) is 43.3 Å². The van der Waals surface area contributed by atoms with E-state index in [9.17, 15) is 9.59 Å². The van der Waals surface area contributed by atoms with Gasteiger partial charge in [0.05, 0.1) is 7.11 Å². The molecule has 0 aliphatic rings. The highest BCUT2D eigenvalue weighted by Crippen LogP contribution is 2.19. The van der Waals surface area contributed by atoms with E-state index < -0.39 is 0 Å². The van der Waals surface area contributed by atoms with Crippen LogP contribution < -0.4 is 9.64 Å². The second-order valence-electron chi connectivity index (χ2n) is 5.82. The lowest BCUT2D eigenvalue weighted by Gasteiger charge is -2.18. The normalized spacial score (nSPS) is 11.6. The van der Waals surface area contributed by atoms with Crippen LogP contribution in [0.5, 0.6) is 5.75 Å². The van der Waals surface area contributed by atoms with Crippen molar-refractivity contribution in [1.82, 2.24) is 0 Å². The van der Waals surface area contributed by atoms with Crippen molar-refractivity contribution in [3.8, 4) is 5.75 Å². The van der Waals surface area contributed by atoms with E-state index in [2.05, 4.69) is 0 Å². The first-order valence-electron chi connectivity index (χ1n) is 8.02. The Labute approximate surface area is 143 Å². The first kappa shape index (κ1) is 17.7. The Morgan fingerprint density at radius 1 is 1.04 bits per heavy atom. The number of carbonyl (C=O) groups excluding carboxylic acids is 2. The van der Waals surface area contributed by atoms with Crippen LogP contribution in [0.3, 0.4) is 0 Å². The molecule has 2 aromatic rings. The number of hydrogen-bond donors (Lipinski definition) is 0. The number of carbonyl (C=O) groups is 2. The number of rotatable bonds is 7. The average molecular weight is 325 g/mol. The van der Waals surface area contributed by atoms with E-state index in [0.717, 1.165) is 11.4 Å². The molecular formula is C20H23NO3. The molecule has 24 heavy (non-hydrogen) atoms. The number of benzene rings is 2.